The summed E-state index contributed by atoms with van der Waals surface area (Å²) in [6, 6.07) is 6.51. The number of nitrogens with one attached hydrogen (secondary N) is 1. The minimum atomic E-state index is 0.157. The number of nitrogens with zero attached hydrogens (tertiary/aromatic N) is 1. The van der Waals surface area contributed by atoms with Crippen LogP contribution in [0.3, 0.4) is 0 Å². The van der Waals surface area contributed by atoms with Gasteiger partial charge in [0.05, 0.1) is 6.10 Å². The van der Waals surface area contributed by atoms with E-state index in [0.29, 0.717) is 18.0 Å². The zero-order chi connectivity index (χ0) is 14.3. The van der Waals surface area contributed by atoms with Gasteiger partial charge in [0.1, 0.15) is 5.52 Å². The standard InChI is InChI=1S/C16H22N2O2/c1-5-19-15-9-14(16(15,3)4)18-11-6-7-13-12(8-11)17-10(2)20-13/h6-8,14-15,18H,5,9H2,1-4H3. The smallest absolute Gasteiger partial charge is 0.192 e. The van der Waals surface area contributed by atoms with Gasteiger partial charge in [0.15, 0.2) is 11.5 Å². The average molecular weight is 274 g/mol. The van der Waals surface area contributed by atoms with E-state index in [9.17, 15) is 0 Å². The molecule has 20 heavy (non-hydrogen) atoms. The molecule has 1 aromatic heterocycles. The van der Waals surface area contributed by atoms with Crippen molar-refractivity contribution < 1.29 is 9.15 Å². The second-order valence-electron chi connectivity index (χ2n) is 6.11. The summed E-state index contributed by atoms with van der Waals surface area (Å²) in [5.41, 5.74) is 3.00. The van der Waals surface area contributed by atoms with Crippen molar-refractivity contribution >= 4 is 16.8 Å². The zero-order valence-corrected chi connectivity index (χ0v) is 12.6. The van der Waals surface area contributed by atoms with E-state index in [0.717, 1.165) is 29.8 Å². The van der Waals surface area contributed by atoms with E-state index in [1.807, 2.05) is 13.0 Å². The third kappa shape index (κ3) is 2.18. The Balaban J connectivity index is 1.74. The number of aromatic nitrogens is 1. The Hall–Kier alpha value is -1.55. The number of hydrogen-bond acceptors (Lipinski definition) is 4. The maximum absolute atomic E-state index is 5.77. The molecular weight excluding hydrogens is 252 g/mol. The Morgan fingerprint density at radius 3 is 2.95 bits per heavy atom. The molecule has 1 N–H and O–H groups in total. The molecule has 0 bridgehead atoms. The molecule has 1 aliphatic carbocycles. The Bertz CT molecular complexity index is 618. The molecule has 4 heteroatoms. The van der Waals surface area contributed by atoms with Gasteiger partial charge in [-0.2, -0.15) is 0 Å². The third-order valence-electron chi connectivity index (χ3n) is 4.38. The lowest BCUT2D eigenvalue weighted by molar-refractivity contribution is -0.0975. The van der Waals surface area contributed by atoms with Crippen LogP contribution >= 0.6 is 0 Å². The highest BCUT2D eigenvalue weighted by Gasteiger charge is 2.48. The van der Waals surface area contributed by atoms with Gasteiger partial charge in [0.25, 0.3) is 0 Å². The molecule has 1 saturated carbocycles. The monoisotopic (exact) mass is 274 g/mol. The molecule has 2 unspecified atom stereocenters. The fourth-order valence-electron chi connectivity index (χ4n) is 2.95. The molecule has 4 nitrogen and oxygen atoms in total. The van der Waals surface area contributed by atoms with Crippen molar-refractivity contribution in [2.45, 2.75) is 46.3 Å². The van der Waals surface area contributed by atoms with Gasteiger partial charge in [-0.05, 0) is 31.5 Å². The predicted molar refractivity (Wildman–Crippen MR) is 80.0 cm³/mol. The molecule has 1 aromatic carbocycles. The number of oxazole rings is 1. The SMILES string of the molecule is CCOC1CC(Nc2ccc3oc(C)nc3c2)C1(C)C. The van der Waals surface area contributed by atoms with Gasteiger partial charge in [-0.3, -0.25) is 0 Å². The van der Waals surface area contributed by atoms with E-state index in [-0.39, 0.29) is 5.41 Å². The molecule has 108 valence electrons. The number of benzene rings is 1. The van der Waals surface area contributed by atoms with Crippen LogP contribution in [-0.4, -0.2) is 23.7 Å². The van der Waals surface area contributed by atoms with Crippen LogP contribution in [0, 0.1) is 12.3 Å². The summed E-state index contributed by atoms with van der Waals surface area (Å²) in [7, 11) is 0. The minimum absolute atomic E-state index is 0.157. The summed E-state index contributed by atoms with van der Waals surface area (Å²) >= 11 is 0. The largest absolute Gasteiger partial charge is 0.441 e. The van der Waals surface area contributed by atoms with Crippen LogP contribution in [0.2, 0.25) is 0 Å². The van der Waals surface area contributed by atoms with Crippen molar-refractivity contribution in [1.29, 1.82) is 0 Å². The molecule has 0 amide bonds. The highest BCUT2D eigenvalue weighted by Crippen LogP contribution is 2.44. The molecule has 0 saturated heterocycles. The summed E-state index contributed by atoms with van der Waals surface area (Å²) in [6.07, 6.45) is 1.40. The number of ether oxygens (including phenoxy) is 1. The highest BCUT2D eigenvalue weighted by atomic mass is 16.5. The zero-order valence-electron chi connectivity index (χ0n) is 12.6. The maximum Gasteiger partial charge on any atom is 0.192 e. The lowest BCUT2D eigenvalue weighted by Gasteiger charge is -2.52. The Morgan fingerprint density at radius 1 is 1.45 bits per heavy atom. The molecule has 1 fully saturated rings. The molecule has 0 aliphatic heterocycles. The van der Waals surface area contributed by atoms with Crippen LogP contribution in [0.4, 0.5) is 5.69 Å². The Kier molecular flexibility index (Phi) is 3.21. The predicted octanol–water partition coefficient (Wildman–Crippen LogP) is 3.75. The van der Waals surface area contributed by atoms with Gasteiger partial charge in [-0.25, -0.2) is 4.98 Å². The van der Waals surface area contributed by atoms with Crippen molar-refractivity contribution in [1.82, 2.24) is 4.98 Å². The van der Waals surface area contributed by atoms with E-state index in [1.165, 1.54) is 0 Å². The van der Waals surface area contributed by atoms with Gasteiger partial charge in [-0.15, -0.1) is 0 Å². The number of anilines is 1. The summed E-state index contributed by atoms with van der Waals surface area (Å²) in [5.74, 6) is 0.706. The molecule has 1 aliphatic rings. The first-order valence-corrected chi connectivity index (χ1v) is 7.26. The quantitative estimate of drug-likeness (QED) is 0.922. The summed E-state index contributed by atoms with van der Waals surface area (Å²) in [4.78, 5) is 4.37. The first-order chi connectivity index (χ1) is 9.50. The van der Waals surface area contributed by atoms with Crippen molar-refractivity contribution in [3.05, 3.63) is 24.1 Å². The average Bonchev–Trinajstić information content (AvgIpc) is 2.77. The number of rotatable bonds is 4. The first kappa shape index (κ1) is 13.4. The fourth-order valence-corrected chi connectivity index (χ4v) is 2.95. The van der Waals surface area contributed by atoms with Crippen LogP contribution in [0.25, 0.3) is 11.1 Å². The minimum Gasteiger partial charge on any atom is -0.441 e. The number of aryl methyl sites for hydroxylation is 1. The Labute approximate surface area is 119 Å². The molecule has 2 atom stereocenters. The second-order valence-corrected chi connectivity index (χ2v) is 6.11. The topological polar surface area (TPSA) is 47.3 Å². The van der Waals surface area contributed by atoms with Gasteiger partial charge in [0.2, 0.25) is 0 Å². The summed E-state index contributed by atoms with van der Waals surface area (Å²) in [6.45, 7) is 9.22. The van der Waals surface area contributed by atoms with Crippen LogP contribution in [0.5, 0.6) is 0 Å². The molecule has 3 rings (SSSR count). The van der Waals surface area contributed by atoms with E-state index in [2.05, 4.69) is 43.2 Å². The van der Waals surface area contributed by atoms with E-state index >= 15 is 0 Å². The lowest BCUT2D eigenvalue weighted by atomic mass is 9.64. The van der Waals surface area contributed by atoms with Crippen molar-refractivity contribution in [3.63, 3.8) is 0 Å². The molecular formula is C16H22N2O2. The van der Waals surface area contributed by atoms with Crippen LogP contribution in [0.15, 0.2) is 22.6 Å². The maximum atomic E-state index is 5.77. The number of hydrogen-bond donors (Lipinski definition) is 1. The Morgan fingerprint density at radius 2 is 2.25 bits per heavy atom. The fraction of sp³-hybridized carbons (Fsp3) is 0.562. The molecule has 0 spiro atoms. The normalized spacial score (nSPS) is 24.6. The molecule has 1 heterocycles. The van der Waals surface area contributed by atoms with E-state index in [4.69, 9.17) is 9.15 Å². The van der Waals surface area contributed by atoms with E-state index < -0.39 is 0 Å². The van der Waals surface area contributed by atoms with E-state index in [1.54, 1.807) is 0 Å². The third-order valence-corrected chi connectivity index (χ3v) is 4.38. The summed E-state index contributed by atoms with van der Waals surface area (Å²) < 4.78 is 11.3. The van der Waals surface area contributed by atoms with Gasteiger partial charge in [0, 0.05) is 30.7 Å². The first-order valence-electron chi connectivity index (χ1n) is 7.26. The van der Waals surface area contributed by atoms with Gasteiger partial charge in [-0.1, -0.05) is 13.8 Å². The number of fused-ring (bicyclic) bond motifs is 1. The van der Waals surface area contributed by atoms with Crippen molar-refractivity contribution in [2.24, 2.45) is 5.41 Å². The van der Waals surface area contributed by atoms with Crippen LogP contribution < -0.4 is 5.32 Å². The lowest BCUT2D eigenvalue weighted by Crippen LogP contribution is -2.58. The molecule has 0 radical (unpaired) electrons. The summed E-state index contributed by atoms with van der Waals surface area (Å²) in [5, 5.41) is 3.60. The van der Waals surface area contributed by atoms with Crippen LogP contribution in [-0.2, 0) is 4.74 Å². The van der Waals surface area contributed by atoms with Gasteiger partial charge >= 0.3 is 0 Å². The van der Waals surface area contributed by atoms with Crippen LogP contribution in [0.1, 0.15) is 33.1 Å². The second kappa shape index (κ2) is 4.77. The van der Waals surface area contributed by atoms with Gasteiger partial charge < -0.3 is 14.5 Å². The van der Waals surface area contributed by atoms with Crippen molar-refractivity contribution in [2.75, 3.05) is 11.9 Å². The molecule has 2 aromatic rings. The van der Waals surface area contributed by atoms with Crippen molar-refractivity contribution in [3.8, 4) is 0 Å². The highest BCUT2D eigenvalue weighted by molar-refractivity contribution is 5.77.